The van der Waals surface area contributed by atoms with E-state index in [4.69, 9.17) is 21.7 Å². The summed E-state index contributed by atoms with van der Waals surface area (Å²) in [5.74, 6) is 1.44. The molecule has 0 unspecified atom stereocenters. The van der Waals surface area contributed by atoms with Gasteiger partial charge in [-0.25, -0.2) is 0 Å². The molecule has 0 heterocycles. The van der Waals surface area contributed by atoms with Crippen LogP contribution in [-0.2, 0) is 0 Å². The molecule has 2 rings (SSSR count). The lowest BCUT2D eigenvalue weighted by molar-refractivity contribution is 0.394. The first-order valence-corrected chi connectivity index (χ1v) is 7.06. The zero-order valence-electron chi connectivity index (χ0n) is 12.7. The van der Waals surface area contributed by atoms with Crippen LogP contribution in [-0.4, -0.2) is 19.2 Å². The molecule has 2 aromatic carbocycles. The van der Waals surface area contributed by atoms with Crippen molar-refractivity contribution in [3.8, 4) is 11.5 Å². The fourth-order valence-corrected chi connectivity index (χ4v) is 2.36. The summed E-state index contributed by atoms with van der Waals surface area (Å²) >= 11 is 5.51. The molecule has 2 aromatic rings. The molecule has 0 atom stereocenters. The van der Waals surface area contributed by atoms with Crippen LogP contribution in [0, 0.1) is 13.8 Å². The molecule has 0 fully saturated rings. The Labute approximate surface area is 130 Å². The van der Waals surface area contributed by atoms with Gasteiger partial charge in [0.25, 0.3) is 0 Å². The van der Waals surface area contributed by atoms with Crippen LogP contribution in [0.3, 0.4) is 0 Å². The van der Waals surface area contributed by atoms with Crippen LogP contribution >= 0.6 is 12.2 Å². The summed E-state index contributed by atoms with van der Waals surface area (Å²) in [6.45, 7) is 4.12. The van der Waals surface area contributed by atoms with Crippen LogP contribution in [0.4, 0.5) is 5.69 Å². The zero-order valence-corrected chi connectivity index (χ0v) is 13.5. The minimum Gasteiger partial charge on any atom is -0.497 e. The van der Waals surface area contributed by atoms with Crippen molar-refractivity contribution >= 4 is 22.9 Å². The maximum Gasteiger partial charge on any atom is 0.123 e. The third-order valence-corrected chi connectivity index (χ3v) is 3.67. The molecule has 21 heavy (non-hydrogen) atoms. The second-order valence-corrected chi connectivity index (χ2v) is 5.23. The van der Waals surface area contributed by atoms with E-state index in [1.165, 1.54) is 0 Å². The van der Waals surface area contributed by atoms with Gasteiger partial charge in [-0.1, -0.05) is 30.4 Å². The maximum atomic E-state index is 5.51. The number of aryl methyl sites for hydroxylation is 2. The number of rotatable bonds is 4. The van der Waals surface area contributed by atoms with E-state index in [1.807, 2.05) is 24.3 Å². The van der Waals surface area contributed by atoms with Crippen LogP contribution in [0.5, 0.6) is 11.5 Å². The van der Waals surface area contributed by atoms with E-state index in [9.17, 15) is 0 Å². The van der Waals surface area contributed by atoms with Crippen molar-refractivity contribution in [3.63, 3.8) is 0 Å². The average Bonchev–Trinajstić information content (AvgIpc) is 2.50. The Morgan fingerprint density at radius 3 is 1.95 bits per heavy atom. The molecule has 0 aliphatic carbocycles. The Morgan fingerprint density at radius 1 is 0.952 bits per heavy atom. The average molecular weight is 301 g/mol. The van der Waals surface area contributed by atoms with E-state index in [0.717, 1.165) is 33.9 Å². The molecule has 0 amide bonds. The van der Waals surface area contributed by atoms with E-state index in [-0.39, 0.29) is 0 Å². The maximum absolute atomic E-state index is 5.51. The topological polar surface area (TPSA) is 30.5 Å². The molecule has 0 saturated heterocycles. The van der Waals surface area contributed by atoms with E-state index in [1.54, 1.807) is 14.2 Å². The number of methoxy groups -OCH3 is 2. The fourth-order valence-electron chi connectivity index (χ4n) is 2.14. The summed E-state index contributed by atoms with van der Waals surface area (Å²) in [5.41, 5.74) is 4.23. The van der Waals surface area contributed by atoms with Crippen LogP contribution in [0.15, 0.2) is 36.4 Å². The first-order chi connectivity index (χ1) is 10.0. The Balaban J connectivity index is 2.32. The summed E-state index contributed by atoms with van der Waals surface area (Å²) in [4.78, 5) is 0.643. The van der Waals surface area contributed by atoms with Crippen molar-refractivity contribution < 1.29 is 9.47 Å². The molecule has 0 aliphatic rings. The van der Waals surface area contributed by atoms with Crippen molar-refractivity contribution in [2.45, 2.75) is 13.8 Å². The largest absolute Gasteiger partial charge is 0.497 e. The third kappa shape index (κ3) is 3.52. The number of benzene rings is 2. The predicted molar refractivity (Wildman–Crippen MR) is 90.8 cm³/mol. The van der Waals surface area contributed by atoms with Crippen LogP contribution in [0.2, 0.25) is 0 Å². The Morgan fingerprint density at radius 2 is 1.48 bits per heavy atom. The quantitative estimate of drug-likeness (QED) is 0.861. The molecule has 0 radical (unpaired) electrons. The first-order valence-electron chi connectivity index (χ1n) is 6.65. The third-order valence-electron chi connectivity index (χ3n) is 3.33. The number of anilines is 1. The standard InChI is InChI=1S/C17H19NO2S/c1-11-6-5-7-12(2)16(11)18-17(21)13-8-14(19-3)10-15(9-13)20-4/h5-10H,1-4H3,(H,18,21). The van der Waals surface area contributed by atoms with Crippen molar-refractivity contribution in [1.82, 2.24) is 0 Å². The van der Waals surface area contributed by atoms with Gasteiger partial charge in [0.15, 0.2) is 0 Å². The van der Waals surface area contributed by atoms with Gasteiger partial charge >= 0.3 is 0 Å². The summed E-state index contributed by atoms with van der Waals surface area (Å²) in [6, 6.07) is 11.8. The highest BCUT2D eigenvalue weighted by atomic mass is 32.1. The number of nitrogens with one attached hydrogen (secondary N) is 1. The first kappa shape index (κ1) is 15.3. The van der Waals surface area contributed by atoms with Gasteiger partial charge in [0, 0.05) is 17.3 Å². The van der Waals surface area contributed by atoms with Gasteiger partial charge in [-0.15, -0.1) is 0 Å². The van der Waals surface area contributed by atoms with Crippen LogP contribution in [0.25, 0.3) is 0 Å². The Kier molecular flexibility index (Phi) is 4.81. The lowest BCUT2D eigenvalue weighted by atomic mass is 10.1. The van der Waals surface area contributed by atoms with Gasteiger partial charge in [-0.2, -0.15) is 0 Å². The predicted octanol–water partition coefficient (Wildman–Crippen LogP) is 4.11. The summed E-state index contributed by atoms with van der Waals surface area (Å²) in [5, 5.41) is 3.32. The molecular formula is C17H19NO2S. The van der Waals surface area contributed by atoms with Gasteiger partial charge in [0.05, 0.1) is 14.2 Å². The molecular weight excluding hydrogens is 282 g/mol. The highest BCUT2D eigenvalue weighted by Gasteiger charge is 2.09. The minimum atomic E-state index is 0.643. The molecule has 4 heteroatoms. The zero-order chi connectivity index (χ0) is 15.4. The van der Waals surface area contributed by atoms with Crippen molar-refractivity contribution in [3.05, 3.63) is 53.1 Å². The lowest BCUT2D eigenvalue weighted by Gasteiger charge is -2.15. The van der Waals surface area contributed by atoms with E-state index in [0.29, 0.717) is 4.99 Å². The van der Waals surface area contributed by atoms with Gasteiger partial charge in [0.2, 0.25) is 0 Å². The highest BCUT2D eigenvalue weighted by Crippen LogP contribution is 2.25. The highest BCUT2D eigenvalue weighted by molar-refractivity contribution is 7.81. The number of ether oxygens (including phenoxy) is 2. The summed E-state index contributed by atoms with van der Waals surface area (Å²) in [6.07, 6.45) is 0. The minimum absolute atomic E-state index is 0.643. The monoisotopic (exact) mass is 301 g/mol. The fraction of sp³-hybridized carbons (Fsp3) is 0.235. The Hall–Kier alpha value is -2.07. The second-order valence-electron chi connectivity index (χ2n) is 4.82. The molecule has 0 aliphatic heterocycles. The molecule has 110 valence electrons. The van der Waals surface area contributed by atoms with Gasteiger partial charge < -0.3 is 14.8 Å². The number of hydrogen-bond acceptors (Lipinski definition) is 3. The summed E-state index contributed by atoms with van der Waals surface area (Å²) in [7, 11) is 3.25. The number of thiocarbonyl (C=S) groups is 1. The van der Waals surface area contributed by atoms with Gasteiger partial charge in [0.1, 0.15) is 16.5 Å². The van der Waals surface area contributed by atoms with E-state index in [2.05, 4.69) is 31.3 Å². The Bertz CT molecular complexity index is 625. The molecule has 0 aromatic heterocycles. The molecule has 1 N–H and O–H groups in total. The normalized spacial score (nSPS) is 10.1. The second kappa shape index (κ2) is 6.59. The molecule has 0 bridgehead atoms. The van der Waals surface area contributed by atoms with Crippen molar-refractivity contribution in [1.29, 1.82) is 0 Å². The SMILES string of the molecule is COc1cc(OC)cc(C(=S)Nc2c(C)cccc2C)c1. The van der Waals surface area contributed by atoms with Gasteiger partial charge in [-0.3, -0.25) is 0 Å². The smallest absolute Gasteiger partial charge is 0.123 e. The van der Waals surface area contributed by atoms with E-state index >= 15 is 0 Å². The molecule has 0 saturated carbocycles. The molecule has 0 spiro atoms. The van der Waals surface area contributed by atoms with Crippen LogP contribution < -0.4 is 14.8 Å². The van der Waals surface area contributed by atoms with Gasteiger partial charge in [-0.05, 0) is 37.1 Å². The van der Waals surface area contributed by atoms with Crippen molar-refractivity contribution in [2.75, 3.05) is 19.5 Å². The van der Waals surface area contributed by atoms with Crippen LogP contribution in [0.1, 0.15) is 16.7 Å². The molecule has 3 nitrogen and oxygen atoms in total. The number of para-hydroxylation sites is 1. The number of hydrogen-bond donors (Lipinski definition) is 1. The van der Waals surface area contributed by atoms with E-state index < -0.39 is 0 Å². The lowest BCUT2D eigenvalue weighted by Crippen LogP contribution is -2.12. The summed E-state index contributed by atoms with van der Waals surface area (Å²) < 4.78 is 10.6. The van der Waals surface area contributed by atoms with Crippen molar-refractivity contribution in [2.24, 2.45) is 0 Å².